The van der Waals surface area contributed by atoms with Gasteiger partial charge in [0.05, 0.1) is 14.2 Å². The molecule has 1 heterocycles. The number of carboxylic acid groups (broad SMARTS) is 1. The molecule has 1 aliphatic heterocycles. The van der Waals surface area contributed by atoms with Crippen LogP contribution in [-0.4, -0.2) is 67.1 Å². The number of benzene rings is 2. The van der Waals surface area contributed by atoms with Gasteiger partial charge >= 0.3 is 18.2 Å². The van der Waals surface area contributed by atoms with Crippen molar-refractivity contribution >= 4 is 17.7 Å². The lowest BCUT2D eigenvalue weighted by atomic mass is 9.65. The molecule has 2 aliphatic rings. The van der Waals surface area contributed by atoms with E-state index in [4.69, 9.17) is 19.4 Å². The van der Waals surface area contributed by atoms with Crippen LogP contribution < -0.4 is 20.1 Å². The van der Waals surface area contributed by atoms with Gasteiger partial charge in [-0.2, -0.15) is 13.2 Å². The van der Waals surface area contributed by atoms with Crippen molar-refractivity contribution in [1.29, 1.82) is 0 Å². The minimum absolute atomic E-state index is 0.0375. The molecule has 1 saturated carbocycles. The Morgan fingerprint density at radius 1 is 1.02 bits per heavy atom. The van der Waals surface area contributed by atoms with Gasteiger partial charge in [0.2, 0.25) is 0 Å². The van der Waals surface area contributed by atoms with Gasteiger partial charge in [-0.05, 0) is 75.9 Å². The molecular weight excluding hydrogens is 553 g/mol. The van der Waals surface area contributed by atoms with Gasteiger partial charge in [-0.3, -0.25) is 4.90 Å². The third-order valence-electron chi connectivity index (χ3n) is 7.62. The van der Waals surface area contributed by atoms with E-state index in [0.29, 0.717) is 11.8 Å². The lowest BCUT2D eigenvalue weighted by Crippen LogP contribution is -2.54. The minimum Gasteiger partial charge on any atom is -0.493 e. The first-order chi connectivity index (χ1) is 19.2. The molecule has 1 aliphatic carbocycles. The van der Waals surface area contributed by atoms with E-state index in [2.05, 4.69) is 41.5 Å². The molecule has 41 heavy (non-hydrogen) atoms. The highest BCUT2D eigenvalue weighted by Crippen LogP contribution is 2.50. The third-order valence-corrected chi connectivity index (χ3v) is 7.62. The number of ether oxygens (including phenoxy) is 2. The SMILES string of the molecule is COc1ccc(C23CCC(NC(=O)Nc4cc(F)cc(F)c4)CC2N(C(C)C)CC3)cc1OC.O=C(O)C(F)(F)F. The molecule has 0 bridgehead atoms. The Balaban J connectivity index is 0.000000587. The summed E-state index contributed by atoms with van der Waals surface area (Å²) in [6.07, 6.45) is -1.54. The molecule has 4 rings (SSSR count). The van der Waals surface area contributed by atoms with Crippen LogP contribution in [0.5, 0.6) is 11.5 Å². The number of aliphatic carboxylic acids is 1. The summed E-state index contributed by atoms with van der Waals surface area (Å²) in [6, 6.07) is 9.29. The molecule has 2 aromatic carbocycles. The molecule has 3 atom stereocenters. The molecule has 0 radical (unpaired) electrons. The van der Waals surface area contributed by atoms with Crippen LogP contribution in [0, 0.1) is 11.6 Å². The molecular formula is C28H34F5N3O5. The second kappa shape index (κ2) is 12.9. The van der Waals surface area contributed by atoms with Crippen LogP contribution in [0.25, 0.3) is 0 Å². The van der Waals surface area contributed by atoms with E-state index < -0.39 is 29.8 Å². The average molecular weight is 588 g/mol. The largest absolute Gasteiger partial charge is 0.493 e. The van der Waals surface area contributed by atoms with Crippen molar-refractivity contribution in [3.8, 4) is 11.5 Å². The molecule has 0 spiro atoms. The van der Waals surface area contributed by atoms with Crippen LogP contribution in [0.3, 0.4) is 0 Å². The predicted molar refractivity (Wildman–Crippen MR) is 141 cm³/mol. The van der Waals surface area contributed by atoms with Crippen LogP contribution in [0.15, 0.2) is 36.4 Å². The Kier molecular flexibility index (Phi) is 10.1. The van der Waals surface area contributed by atoms with Crippen molar-refractivity contribution in [2.45, 2.75) is 69.2 Å². The Hall–Kier alpha value is -3.61. The van der Waals surface area contributed by atoms with Crippen LogP contribution in [0.4, 0.5) is 32.4 Å². The highest BCUT2D eigenvalue weighted by atomic mass is 19.4. The molecule has 3 unspecified atom stereocenters. The first kappa shape index (κ1) is 31.9. The monoisotopic (exact) mass is 587 g/mol. The number of hydrogen-bond donors (Lipinski definition) is 3. The van der Waals surface area contributed by atoms with Crippen molar-refractivity contribution in [2.24, 2.45) is 0 Å². The van der Waals surface area contributed by atoms with Gasteiger partial charge in [0.25, 0.3) is 0 Å². The number of nitrogens with one attached hydrogen (secondary N) is 2. The van der Waals surface area contributed by atoms with Crippen LogP contribution in [-0.2, 0) is 10.2 Å². The summed E-state index contributed by atoms with van der Waals surface area (Å²) in [5.74, 6) is -2.79. The molecule has 8 nitrogen and oxygen atoms in total. The zero-order valence-corrected chi connectivity index (χ0v) is 23.1. The van der Waals surface area contributed by atoms with Crippen LogP contribution >= 0.6 is 0 Å². The number of hydrogen-bond acceptors (Lipinski definition) is 5. The number of amides is 2. The number of carbonyl (C=O) groups excluding carboxylic acids is 1. The van der Waals surface area contributed by atoms with E-state index in [1.807, 2.05) is 6.07 Å². The van der Waals surface area contributed by atoms with E-state index in [9.17, 15) is 26.7 Å². The highest BCUT2D eigenvalue weighted by molar-refractivity contribution is 5.89. The molecule has 13 heteroatoms. The maximum Gasteiger partial charge on any atom is 0.490 e. The second-order valence-corrected chi connectivity index (χ2v) is 10.4. The Morgan fingerprint density at radius 2 is 1.63 bits per heavy atom. The number of anilines is 1. The lowest BCUT2D eigenvalue weighted by molar-refractivity contribution is -0.192. The first-order valence-electron chi connectivity index (χ1n) is 13.0. The van der Waals surface area contributed by atoms with E-state index in [1.165, 1.54) is 5.56 Å². The number of carboxylic acids is 1. The Labute approximate surface area is 234 Å². The summed E-state index contributed by atoms with van der Waals surface area (Å²) in [5.41, 5.74) is 1.29. The fourth-order valence-corrected chi connectivity index (χ4v) is 5.79. The molecule has 226 valence electrons. The number of likely N-dealkylation sites (tertiary alicyclic amines) is 1. The van der Waals surface area contributed by atoms with Gasteiger partial charge in [0.1, 0.15) is 11.6 Å². The molecule has 2 amide bonds. The number of carbonyl (C=O) groups is 2. The summed E-state index contributed by atoms with van der Waals surface area (Å²) in [6.45, 7) is 5.39. The number of methoxy groups -OCH3 is 2. The van der Waals surface area contributed by atoms with Crippen molar-refractivity contribution in [2.75, 3.05) is 26.1 Å². The Morgan fingerprint density at radius 3 is 2.17 bits per heavy atom. The highest BCUT2D eigenvalue weighted by Gasteiger charge is 2.52. The number of rotatable bonds is 6. The second-order valence-electron chi connectivity index (χ2n) is 10.4. The number of nitrogens with zero attached hydrogens (tertiary/aromatic N) is 1. The van der Waals surface area contributed by atoms with E-state index in [1.54, 1.807) is 14.2 Å². The summed E-state index contributed by atoms with van der Waals surface area (Å²) in [5, 5.41) is 12.7. The number of halogens is 5. The molecule has 0 aromatic heterocycles. The van der Waals surface area contributed by atoms with Crippen LogP contribution in [0.2, 0.25) is 0 Å². The molecule has 3 N–H and O–H groups in total. The minimum atomic E-state index is -5.08. The molecule has 2 aromatic rings. The van der Waals surface area contributed by atoms with Gasteiger partial charge in [0, 0.05) is 35.3 Å². The predicted octanol–water partition coefficient (Wildman–Crippen LogP) is 5.71. The quantitative estimate of drug-likeness (QED) is 0.375. The number of alkyl halides is 3. The van der Waals surface area contributed by atoms with Gasteiger partial charge in [-0.1, -0.05) is 6.07 Å². The first-order valence-corrected chi connectivity index (χ1v) is 13.0. The normalized spacial score (nSPS) is 22.3. The fraction of sp³-hybridized carbons (Fsp3) is 0.500. The van der Waals surface area contributed by atoms with Crippen molar-refractivity contribution in [3.05, 3.63) is 53.6 Å². The average Bonchev–Trinajstić information content (AvgIpc) is 3.27. The van der Waals surface area contributed by atoms with Crippen molar-refractivity contribution < 1.29 is 46.1 Å². The van der Waals surface area contributed by atoms with Gasteiger partial charge < -0.3 is 25.2 Å². The van der Waals surface area contributed by atoms with Crippen molar-refractivity contribution in [3.63, 3.8) is 0 Å². The maximum atomic E-state index is 13.5. The third kappa shape index (κ3) is 7.57. The van der Waals surface area contributed by atoms with E-state index in [-0.39, 0.29) is 23.2 Å². The smallest absolute Gasteiger partial charge is 0.490 e. The molecule has 2 fully saturated rings. The topological polar surface area (TPSA) is 100 Å². The van der Waals surface area contributed by atoms with E-state index in [0.717, 1.165) is 56.2 Å². The summed E-state index contributed by atoms with van der Waals surface area (Å²) in [7, 11) is 3.28. The zero-order chi connectivity index (χ0) is 30.5. The van der Waals surface area contributed by atoms with E-state index >= 15 is 0 Å². The Bertz CT molecular complexity index is 1220. The molecule has 1 saturated heterocycles. The zero-order valence-electron chi connectivity index (χ0n) is 23.1. The summed E-state index contributed by atoms with van der Waals surface area (Å²) >= 11 is 0. The summed E-state index contributed by atoms with van der Waals surface area (Å²) in [4.78, 5) is 24.0. The lowest BCUT2D eigenvalue weighted by Gasteiger charge is -2.46. The standard InChI is InChI=1S/C26H33F2N3O3.C2HF3O2/c1-16(2)31-10-9-26(17-5-6-22(33-3)23(11-17)34-4)8-7-20(15-24(26)31)29-25(32)30-21-13-18(27)12-19(28)14-21;3-2(4,5)1(6)7/h5-6,11-14,16,20,24H,7-10,15H2,1-4H3,(H2,29,30,32);(H,6,7). The fourth-order valence-electron chi connectivity index (χ4n) is 5.79. The van der Waals surface area contributed by atoms with Crippen molar-refractivity contribution in [1.82, 2.24) is 10.2 Å². The maximum absolute atomic E-state index is 13.5. The number of fused-ring (bicyclic) bond motifs is 1. The summed E-state index contributed by atoms with van der Waals surface area (Å²) < 4.78 is 69.7. The van der Waals surface area contributed by atoms with Crippen LogP contribution in [0.1, 0.15) is 45.1 Å². The van der Waals surface area contributed by atoms with Gasteiger partial charge in [-0.25, -0.2) is 18.4 Å². The van der Waals surface area contributed by atoms with Gasteiger partial charge in [-0.15, -0.1) is 0 Å². The van der Waals surface area contributed by atoms with Gasteiger partial charge in [0.15, 0.2) is 11.5 Å². The number of urea groups is 1.